The van der Waals surface area contributed by atoms with Crippen LogP contribution >= 0.6 is 22.6 Å². The lowest BCUT2D eigenvalue weighted by molar-refractivity contribution is 0.801. The first-order chi connectivity index (χ1) is 4.75. The monoisotopic (exact) mass is 251 g/mol. The highest BCUT2D eigenvalue weighted by Crippen LogP contribution is 2.08. The predicted molar refractivity (Wildman–Crippen MR) is 48.7 cm³/mol. The molecule has 0 aliphatic rings. The van der Waals surface area contributed by atoms with Crippen LogP contribution in [-0.2, 0) is 13.5 Å². The highest BCUT2D eigenvalue weighted by atomic mass is 127. The van der Waals surface area contributed by atoms with Gasteiger partial charge in [-0.25, -0.2) is 4.98 Å². The summed E-state index contributed by atoms with van der Waals surface area (Å²) in [5.41, 5.74) is 6.64. The van der Waals surface area contributed by atoms with E-state index in [1.165, 1.54) is 5.69 Å². The van der Waals surface area contributed by atoms with Crippen LogP contribution in [0.5, 0.6) is 0 Å². The Morgan fingerprint density at radius 3 is 2.90 bits per heavy atom. The van der Waals surface area contributed by atoms with E-state index in [2.05, 4.69) is 27.6 Å². The summed E-state index contributed by atoms with van der Waals surface area (Å²) < 4.78 is 3.07. The zero-order valence-corrected chi connectivity index (χ0v) is 8.00. The van der Waals surface area contributed by atoms with Crippen molar-refractivity contribution < 1.29 is 0 Å². The van der Waals surface area contributed by atoms with Gasteiger partial charge in [0.2, 0.25) is 0 Å². The van der Waals surface area contributed by atoms with Crippen LogP contribution in [0.25, 0.3) is 0 Å². The molecule has 0 aliphatic carbocycles. The Morgan fingerprint density at radius 2 is 2.50 bits per heavy atom. The van der Waals surface area contributed by atoms with Crippen LogP contribution < -0.4 is 5.73 Å². The highest BCUT2D eigenvalue weighted by molar-refractivity contribution is 14.1. The molecule has 0 fully saturated rings. The van der Waals surface area contributed by atoms with Crippen molar-refractivity contribution in [1.29, 1.82) is 0 Å². The Bertz CT molecular complexity index is 199. The third-order valence-electron chi connectivity index (χ3n) is 1.39. The summed E-state index contributed by atoms with van der Waals surface area (Å²) in [6.07, 6.45) is 2.72. The molecule has 0 aliphatic heterocycles. The van der Waals surface area contributed by atoms with Crippen LogP contribution in [0, 0.1) is 3.70 Å². The van der Waals surface area contributed by atoms with E-state index in [-0.39, 0.29) is 0 Å². The molecule has 1 heterocycles. The molecule has 0 unspecified atom stereocenters. The maximum Gasteiger partial charge on any atom is 0.122 e. The number of rotatable bonds is 2. The molecule has 3 nitrogen and oxygen atoms in total. The summed E-state index contributed by atoms with van der Waals surface area (Å²) in [5, 5.41) is 0. The fourth-order valence-corrected chi connectivity index (χ4v) is 1.62. The lowest BCUT2D eigenvalue weighted by Crippen LogP contribution is -2.07. The number of nitrogens with zero attached hydrogens (tertiary/aromatic N) is 2. The smallest absolute Gasteiger partial charge is 0.122 e. The summed E-state index contributed by atoms with van der Waals surface area (Å²) in [7, 11) is 1.99. The van der Waals surface area contributed by atoms with Gasteiger partial charge in [0, 0.05) is 13.5 Å². The standard InChI is InChI=1S/C6H10IN3/c1-10-4-9-6(7)5(10)2-3-8/h4H,2-3,8H2,1H3. The molecule has 1 rings (SSSR count). The van der Waals surface area contributed by atoms with Gasteiger partial charge in [0.1, 0.15) is 3.70 Å². The van der Waals surface area contributed by atoms with E-state index >= 15 is 0 Å². The fourth-order valence-electron chi connectivity index (χ4n) is 0.843. The third kappa shape index (κ3) is 1.49. The Labute approximate surface area is 73.8 Å². The van der Waals surface area contributed by atoms with Gasteiger partial charge < -0.3 is 10.3 Å². The lowest BCUT2D eigenvalue weighted by Gasteiger charge is -1.98. The molecule has 0 bridgehead atoms. The second kappa shape index (κ2) is 3.34. The molecule has 56 valence electrons. The third-order valence-corrected chi connectivity index (χ3v) is 2.29. The van der Waals surface area contributed by atoms with Crippen molar-refractivity contribution in [3.05, 3.63) is 15.7 Å². The van der Waals surface area contributed by atoms with Gasteiger partial charge >= 0.3 is 0 Å². The molecule has 0 saturated carbocycles. The Kier molecular flexibility index (Phi) is 2.67. The normalized spacial score (nSPS) is 10.3. The minimum atomic E-state index is 0.690. The summed E-state index contributed by atoms with van der Waals surface area (Å²) in [6, 6.07) is 0. The van der Waals surface area contributed by atoms with Gasteiger partial charge in [0.15, 0.2) is 0 Å². The summed E-state index contributed by atoms with van der Waals surface area (Å²) >= 11 is 2.22. The summed E-state index contributed by atoms with van der Waals surface area (Å²) in [4.78, 5) is 4.13. The fraction of sp³-hybridized carbons (Fsp3) is 0.500. The molecule has 0 saturated heterocycles. The Balaban J connectivity index is 2.87. The van der Waals surface area contributed by atoms with Crippen molar-refractivity contribution >= 4 is 22.6 Å². The number of hydrogen-bond donors (Lipinski definition) is 1. The number of aromatic nitrogens is 2. The topological polar surface area (TPSA) is 43.8 Å². The van der Waals surface area contributed by atoms with Crippen LogP contribution in [0.3, 0.4) is 0 Å². The summed E-state index contributed by atoms with van der Waals surface area (Å²) in [5.74, 6) is 0. The molecule has 0 radical (unpaired) electrons. The van der Waals surface area contributed by atoms with Crippen molar-refractivity contribution in [2.45, 2.75) is 6.42 Å². The molecule has 0 atom stereocenters. The molecule has 1 aromatic rings. The van der Waals surface area contributed by atoms with Crippen LogP contribution in [0.1, 0.15) is 5.69 Å². The van der Waals surface area contributed by atoms with Gasteiger partial charge in [0.05, 0.1) is 12.0 Å². The van der Waals surface area contributed by atoms with Gasteiger partial charge in [-0.2, -0.15) is 0 Å². The van der Waals surface area contributed by atoms with Gasteiger partial charge in [0.25, 0.3) is 0 Å². The first-order valence-corrected chi connectivity index (χ1v) is 4.19. The van der Waals surface area contributed by atoms with Gasteiger partial charge in [-0.15, -0.1) is 0 Å². The quantitative estimate of drug-likeness (QED) is 0.779. The van der Waals surface area contributed by atoms with Gasteiger partial charge in [-0.3, -0.25) is 0 Å². The molecular weight excluding hydrogens is 241 g/mol. The minimum Gasteiger partial charge on any atom is -0.337 e. The second-order valence-electron chi connectivity index (χ2n) is 2.13. The molecule has 4 heteroatoms. The summed E-state index contributed by atoms with van der Waals surface area (Å²) in [6.45, 7) is 0.690. The van der Waals surface area contributed by atoms with Crippen molar-refractivity contribution in [1.82, 2.24) is 9.55 Å². The zero-order chi connectivity index (χ0) is 7.56. The molecule has 1 aromatic heterocycles. The van der Waals surface area contributed by atoms with E-state index in [1.54, 1.807) is 0 Å². The highest BCUT2D eigenvalue weighted by Gasteiger charge is 2.02. The number of hydrogen-bond acceptors (Lipinski definition) is 2. The molecule has 10 heavy (non-hydrogen) atoms. The van der Waals surface area contributed by atoms with E-state index in [0.717, 1.165) is 10.1 Å². The first kappa shape index (κ1) is 8.00. The number of halogens is 1. The number of imidazole rings is 1. The zero-order valence-electron chi connectivity index (χ0n) is 5.84. The minimum absolute atomic E-state index is 0.690. The molecular formula is C6H10IN3. The van der Waals surface area contributed by atoms with Gasteiger partial charge in [-0.05, 0) is 29.1 Å². The maximum absolute atomic E-state index is 5.41. The van der Waals surface area contributed by atoms with Crippen molar-refractivity contribution in [2.75, 3.05) is 6.54 Å². The van der Waals surface area contributed by atoms with Crippen LogP contribution in [0.2, 0.25) is 0 Å². The average molecular weight is 251 g/mol. The Morgan fingerprint density at radius 1 is 1.80 bits per heavy atom. The van der Waals surface area contributed by atoms with E-state index < -0.39 is 0 Å². The average Bonchev–Trinajstić information content (AvgIpc) is 2.20. The largest absolute Gasteiger partial charge is 0.337 e. The SMILES string of the molecule is Cn1cnc(I)c1CCN. The van der Waals surface area contributed by atoms with E-state index in [0.29, 0.717) is 6.54 Å². The Hall–Kier alpha value is -0.100. The maximum atomic E-state index is 5.41. The van der Waals surface area contributed by atoms with Gasteiger partial charge in [-0.1, -0.05) is 0 Å². The van der Waals surface area contributed by atoms with E-state index in [4.69, 9.17) is 5.73 Å². The molecule has 0 spiro atoms. The number of nitrogens with two attached hydrogens (primary N) is 1. The first-order valence-electron chi connectivity index (χ1n) is 3.11. The molecule has 0 amide bonds. The van der Waals surface area contributed by atoms with Crippen LogP contribution in [-0.4, -0.2) is 16.1 Å². The van der Waals surface area contributed by atoms with Crippen LogP contribution in [0.15, 0.2) is 6.33 Å². The lowest BCUT2D eigenvalue weighted by atomic mass is 10.3. The van der Waals surface area contributed by atoms with Crippen molar-refractivity contribution in [2.24, 2.45) is 12.8 Å². The van der Waals surface area contributed by atoms with Crippen molar-refractivity contribution in [3.8, 4) is 0 Å². The van der Waals surface area contributed by atoms with Crippen molar-refractivity contribution in [3.63, 3.8) is 0 Å². The van der Waals surface area contributed by atoms with Crippen LogP contribution in [0.4, 0.5) is 0 Å². The predicted octanol–water partition coefficient (Wildman–Crippen LogP) is 0.526. The van der Waals surface area contributed by atoms with E-state index in [9.17, 15) is 0 Å². The second-order valence-corrected chi connectivity index (χ2v) is 3.15. The molecule has 0 aromatic carbocycles. The molecule has 2 N–H and O–H groups in total. The number of aryl methyl sites for hydroxylation is 1. The van der Waals surface area contributed by atoms with E-state index in [1.807, 2.05) is 17.9 Å².